The standard InChI is InChI=1S/C21H20Cl2N4O/c22-15-5-6-18(23)17(13-15)21(28)25-11-12-27-19-4-2-1-3-16(19)20(26-27)14-7-9-24-10-8-14/h5-10,13H,1-4,11-12H2,(H,25,28). The molecule has 0 aliphatic heterocycles. The van der Waals surface area contributed by atoms with E-state index in [-0.39, 0.29) is 5.91 Å². The lowest BCUT2D eigenvalue weighted by Gasteiger charge is -2.14. The van der Waals surface area contributed by atoms with Crippen LogP contribution in [0, 0.1) is 0 Å². The van der Waals surface area contributed by atoms with Gasteiger partial charge < -0.3 is 5.32 Å². The number of hydrogen-bond acceptors (Lipinski definition) is 3. The van der Waals surface area contributed by atoms with Gasteiger partial charge in [-0.3, -0.25) is 14.5 Å². The fourth-order valence-electron chi connectivity index (χ4n) is 3.64. The number of carbonyl (C=O) groups excluding carboxylic acids is 1. The molecule has 0 fully saturated rings. The van der Waals surface area contributed by atoms with Gasteiger partial charge in [-0.15, -0.1) is 0 Å². The van der Waals surface area contributed by atoms with Crippen LogP contribution in [0.2, 0.25) is 10.0 Å². The molecule has 1 aliphatic rings. The Bertz CT molecular complexity index is 1000. The number of aromatic nitrogens is 3. The highest BCUT2D eigenvalue weighted by molar-refractivity contribution is 6.35. The summed E-state index contributed by atoms with van der Waals surface area (Å²) in [5.74, 6) is -0.233. The fourth-order valence-corrected chi connectivity index (χ4v) is 4.01. The van der Waals surface area contributed by atoms with E-state index in [0.717, 1.165) is 24.1 Å². The number of nitrogens with zero attached hydrogens (tertiary/aromatic N) is 3. The molecule has 1 N–H and O–H groups in total. The summed E-state index contributed by atoms with van der Waals surface area (Å²) in [6, 6.07) is 8.85. The van der Waals surface area contributed by atoms with Gasteiger partial charge in [-0.1, -0.05) is 23.2 Å². The lowest BCUT2D eigenvalue weighted by molar-refractivity contribution is 0.0952. The highest BCUT2D eigenvalue weighted by atomic mass is 35.5. The van der Waals surface area contributed by atoms with Crippen LogP contribution in [-0.4, -0.2) is 27.2 Å². The predicted molar refractivity (Wildman–Crippen MR) is 111 cm³/mol. The van der Waals surface area contributed by atoms with Gasteiger partial charge in [0.2, 0.25) is 0 Å². The lowest BCUT2D eigenvalue weighted by atomic mass is 9.94. The minimum absolute atomic E-state index is 0.233. The van der Waals surface area contributed by atoms with E-state index in [9.17, 15) is 4.79 Å². The van der Waals surface area contributed by atoms with Crippen LogP contribution in [0.3, 0.4) is 0 Å². The Morgan fingerprint density at radius 3 is 2.71 bits per heavy atom. The van der Waals surface area contributed by atoms with Crippen molar-refractivity contribution in [3.63, 3.8) is 0 Å². The maximum absolute atomic E-state index is 12.4. The molecule has 1 aromatic carbocycles. The van der Waals surface area contributed by atoms with Gasteiger partial charge in [0, 0.05) is 40.8 Å². The van der Waals surface area contributed by atoms with Gasteiger partial charge in [-0.25, -0.2) is 0 Å². The zero-order chi connectivity index (χ0) is 19.5. The largest absolute Gasteiger partial charge is 0.350 e. The molecule has 3 aromatic rings. The van der Waals surface area contributed by atoms with Crippen LogP contribution < -0.4 is 5.32 Å². The van der Waals surface area contributed by atoms with Gasteiger partial charge in [0.1, 0.15) is 0 Å². The number of hydrogen-bond donors (Lipinski definition) is 1. The lowest BCUT2D eigenvalue weighted by Crippen LogP contribution is -2.28. The van der Waals surface area contributed by atoms with Gasteiger partial charge in [-0.05, 0) is 56.0 Å². The van der Waals surface area contributed by atoms with Gasteiger partial charge >= 0.3 is 0 Å². The second kappa shape index (κ2) is 8.33. The van der Waals surface area contributed by atoms with Crippen molar-refractivity contribution in [2.45, 2.75) is 32.2 Å². The van der Waals surface area contributed by atoms with Gasteiger partial charge in [0.05, 0.1) is 22.8 Å². The summed E-state index contributed by atoms with van der Waals surface area (Å²) in [5, 5.41) is 8.64. The van der Waals surface area contributed by atoms with Crippen LogP contribution >= 0.6 is 23.2 Å². The molecule has 1 amide bonds. The van der Waals surface area contributed by atoms with Gasteiger partial charge in [-0.2, -0.15) is 5.10 Å². The Balaban J connectivity index is 1.50. The van der Waals surface area contributed by atoms with Crippen molar-refractivity contribution in [1.82, 2.24) is 20.1 Å². The quantitative estimate of drug-likeness (QED) is 0.665. The molecular weight excluding hydrogens is 395 g/mol. The molecule has 0 radical (unpaired) electrons. The first-order valence-corrected chi connectivity index (χ1v) is 10.1. The molecule has 5 nitrogen and oxygen atoms in total. The summed E-state index contributed by atoms with van der Waals surface area (Å²) in [6.07, 6.45) is 7.98. The molecule has 0 saturated heterocycles. The van der Waals surface area contributed by atoms with E-state index in [1.165, 1.54) is 24.1 Å². The van der Waals surface area contributed by atoms with E-state index in [1.54, 1.807) is 30.6 Å². The number of pyridine rings is 1. The number of fused-ring (bicyclic) bond motifs is 1. The number of carbonyl (C=O) groups is 1. The topological polar surface area (TPSA) is 59.8 Å². The Hall–Kier alpha value is -2.37. The first-order chi connectivity index (χ1) is 13.6. The Kier molecular flexibility index (Phi) is 5.64. The van der Waals surface area contributed by atoms with E-state index >= 15 is 0 Å². The molecule has 0 atom stereocenters. The number of benzene rings is 1. The summed E-state index contributed by atoms with van der Waals surface area (Å²) in [5.41, 5.74) is 5.09. The third-order valence-corrected chi connectivity index (χ3v) is 5.56. The Morgan fingerprint density at radius 2 is 1.89 bits per heavy atom. The van der Waals surface area contributed by atoms with Crippen molar-refractivity contribution in [3.05, 3.63) is 69.6 Å². The molecular formula is C21H20Cl2N4O. The van der Waals surface area contributed by atoms with Crippen LogP contribution in [0.15, 0.2) is 42.7 Å². The number of halogens is 2. The van der Waals surface area contributed by atoms with Crippen molar-refractivity contribution in [3.8, 4) is 11.3 Å². The Labute approximate surface area is 173 Å². The molecule has 144 valence electrons. The van der Waals surface area contributed by atoms with E-state index in [0.29, 0.717) is 28.7 Å². The molecule has 4 rings (SSSR count). The van der Waals surface area contributed by atoms with E-state index in [4.69, 9.17) is 28.3 Å². The molecule has 0 saturated carbocycles. The molecule has 2 aromatic heterocycles. The average molecular weight is 415 g/mol. The summed E-state index contributed by atoms with van der Waals surface area (Å²) in [7, 11) is 0. The first kappa shape index (κ1) is 19.0. The SMILES string of the molecule is O=C(NCCn1nc(-c2ccncc2)c2c1CCCC2)c1cc(Cl)ccc1Cl. The Morgan fingerprint density at radius 1 is 1.11 bits per heavy atom. The maximum Gasteiger partial charge on any atom is 0.252 e. The molecule has 1 aliphatic carbocycles. The van der Waals surface area contributed by atoms with Crippen molar-refractivity contribution in [1.29, 1.82) is 0 Å². The zero-order valence-electron chi connectivity index (χ0n) is 15.3. The van der Waals surface area contributed by atoms with Crippen LogP contribution in [0.4, 0.5) is 0 Å². The fraction of sp³-hybridized carbons (Fsp3) is 0.286. The summed E-state index contributed by atoms with van der Waals surface area (Å²) in [4.78, 5) is 16.5. The van der Waals surface area contributed by atoms with Crippen LogP contribution in [-0.2, 0) is 19.4 Å². The van der Waals surface area contributed by atoms with Crippen LogP contribution in [0.25, 0.3) is 11.3 Å². The predicted octanol–water partition coefficient (Wildman–Crippen LogP) is 4.56. The van der Waals surface area contributed by atoms with Gasteiger partial charge in [0.15, 0.2) is 0 Å². The normalized spacial score (nSPS) is 13.2. The third-order valence-electron chi connectivity index (χ3n) is 4.99. The molecule has 0 bridgehead atoms. The molecule has 2 heterocycles. The minimum atomic E-state index is -0.233. The summed E-state index contributed by atoms with van der Waals surface area (Å²) >= 11 is 12.1. The highest BCUT2D eigenvalue weighted by Gasteiger charge is 2.21. The summed E-state index contributed by atoms with van der Waals surface area (Å²) < 4.78 is 2.03. The zero-order valence-corrected chi connectivity index (χ0v) is 16.8. The number of nitrogens with one attached hydrogen (secondary N) is 1. The monoisotopic (exact) mass is 414 g/mol. The van der Waals surface area contributed by atoms with Crippen LogP contribution in [0.5, 0.6) is 0 Å². The second-order valence-corrected chi connectivity index (χ2v) is 7.66. The molecule has 28 heavy (non-hydrogen) atoms. The molecule has 0 spiro atoms. The van der Waals surface area contributed by atoms with Gasteiger partial charge in [0.25, 0.3) is 5.91 Å². The average Bonchev–Trinajstić information content (AvgIpc) is 3.09. The van der Waals surface area contributed by atoms with E-state index in [2.05, 4.69) is 10.3 Å². The van der Waals surface area contributed by atoms with E-state index < -0.39 is 0 Å². The van der Waals surface area contributed by atoms with Crippen molar-refractivity contribution < 1.29 is 4.79 Å². The van der Waals surface area contributed by atoms with Crippen molar-refractivity contribution in [2.75, 3.05) is 6.54 Å². The first-order valence-electron chi connectivity index (χ1n) is 9.35. The second-order valence-electron chi connectivity index (χ2n) is 6.82. The van der Waals surface area contributed by atoms with E-state index in [1.807, 2.05) is 16.8 Å². The van der Waals surface area contributed by atoms with Crippen molar-refractivity contribution >= 4 is 29.1 Å². The summed E-state index contributed by atoms with van der Waals surface area (Å²) in [6.45, 7) is 1.07. The van der Waals surface area contributed by atoms with Crippen LogP contribution in [0.1, 0.15) is 34.5 Å². The highest BCUT2D eigenvalue weighted by Crippen LogP contribution is 2.30. The molecule has 0 unspecified atom stereocenters. The maximum atomic E-state index is 12.4. The third kappa shape index (κ3) is 3.91. The van der Waals surface area contributed by atoms with Crippen molar-refractivity contribution in [2.24, 2.45) is 0 Å². The minimum Gasteiger partial charge on any atom is -0.350 e. The molecule has 7 heteroatoms. The number of amides is 1. The number of rotatable bonds is 5. The smallest absolute Gasteiger partial charge is 0.252 e.